The quantitative estimate of drug-likeness (QED) is 0.189. The SMILES string of the molecule is C=C(/C=C/c1ccc(-n2cnc(C)c2)c(OC)c1)N(CCCOC)C1(ON)CCN(C(=O)OC(C)(C)C)CC1. The zero-order chi connectivity index (χ0) is 28.6. The number of hydrogen-bond acceptors (Lipinski definition) is 8. The molecule has 2 heterocycles. The summed E-state index contributed by atoms with van der Waals surface area (Å²) in [7, 11) is 3.33. The van der Waals surface area contributed by atoms with Crippen LogP contribution in [0.2, 0.25) is 0 Å². The van der Waals surface area contributed by atoms with Gasteiger partial charge in [-0.15, -0.1) is 0 Å². The molecule has 1 aromatic carbocycles. The Morgan fingerprint density at radius 3 is 2.54 bits per heavy atom. The van der Waals surface area contributed by atoms with Gasteiger partial charge in [-0.05, 0) is 57.9 Å². The number of ether oxygens (including phenoxy) is 3. The van der Waals surface area contributed by atoms with Crippen LogP contribution in [0.15, 0.2) is 49.1 Å². The third-order valence-electron chi connectivity index (χ3n) is 6.65. The average molecular weight is 542 g/mol. The number of nitrogens with two attached hydrogens (primary N) is 1. The Bertz CT molecular complexity index is 1150. The molecule has 2 N–H and O–H groups in total. The number of hydrogen-bond donors (Lipinski definition) is 1. The number of aryl methyl sites for hydroxylation is 1. The van der Waals surface area contributed by atoms with Crippen LogP contribution < -0.4 is 10.6 Å². The van der Waals surface area contributed by atoms with E-state index in [1.54, 1.807) is 25.4 Å². The molecule has 1 aliphatic rings. The smallest absolute Gasteiger partial charge is 0.410 e. The maximum atomic E-state index is 12.6. The Morgan fingerprint density at radius 1 is 1.26 bits per heavy atom. The molecule has 10 nitrogen and oxygen atoms in total. The van der Waals surface area contributed by atoms with Gasteiger partial charge in [0.1, 0.15) is 11.4 Å². The lowest BCUT2D eigenvalue weighted by atomic mass is 9.97. The monoisotopic (exact) mass is 541 g/mol. The number of allylic oxidation sites excluding steroid dienone is 1. The van der Waals surface area contributed by atoms with Gasteiger partial charge in [0.05, 0.1) is 24.8 Å². The summed E-state index contributed by atoms with van der Waals surface area (Å²) in [6, 6.07) is 5.98. The molecule has 0 saturated carbocycles. The van der Waals surface area contributed by atoms with E-state index in [-0.39, 0.29) is 6.09 Å². The van der Waals surface area contributed by atoms with E-state index in [4.69, 9.17) is 24.9 Å². The van der Waals surface area contributed by atoms with E-state index in [1.165, 1.54) is 0 Å². The highest BCUT2D eigenvalue weighted by molar-refractivity contribution is 5.68. The van der Waals surface area contributed by atoms with E-state index in [9.17, 15) is 4.79 Å². The fraction of sp³-hybridized carbons (Fsp3) is 0.517. The van der Waals surface area contributed by atoms with Crippen molar-refractivity contribution in [3.05, 3.63) is 60.3 Å². The number of imidazole rings is 1. The number of rotatable bonds is 11. The molecule has 3 rings (SSSR count). The van der Waals surface area contributed by atoms with Crippen molar-refractivity contribution in [1.29, 1.82) is 0 Å². The summed E-state index contributed by atoms with van der Waals surface area (Å²) in [5.41, 5.74) is 2.17. The standard InChI is InChI=1S/C29H43N5O5/c1-22-20-33(21-31-22)25-12-11-24(19-26(25)37-7)10-9-23(2)34(15-8-18-36-6)29(39-30)13-16-32(17-14-29)27(35)38-28(3,4)5/h9-12,19-21H,2,8,13-18,30H2,1,3-7H3/b10-9+. The van der Waals surface area contributed by atoms with Crippen molar-refractivity contribution in [1.82, 2.24) is 19.4 Å². The van der Waals surface area contributed by atoms with Crippen molar-refractivity contribution in [2.24, 2.45) is 5.90 Å². The third-order valence-corrected chi connectivity index (χ3v) is 6.65. The van der Waals surface area contributed by atoms with Gasteiger partial charge in [0.25, 0.3) is 0 Å². The molecule has 1 aliphatic heterocycles. The first-order valence-corrected chi connectivity index (χ1v) is 13.2. The summed E-state index contributed by atoms with van der Waals surface area (Å²) < 4.78 is 18.4. The van der Waals surface area contributed by atoms with Crippen LogP contribution in [0.4, 0.5) is 4.79 Å². The van der Waals surface area contributed by atoms with Crippen LogP contribution >= 0.6 is 0 Å². The lowest BCUT2D eigenvalue weighted by Gasteiger charge is -2.48. The van der Waals surface area contributed by atoms with Gasteiger partial charge in [-0.3, -0.25) is 4.84 Å². The summed E-state index contributed by atoms with van der Waals surface area (Å²) in [6.07, 6.45) is 9.10. The molecule has 1 amide bonds. The molecule has 10 heteroatoms. The van der Waals surface area contributed by atoms with Crippen molar-refractivity contribution in [2.45, 2.75) is 58.3 Å². The predicted octanol–water partition coefficient (Wildman–Crippen LogP) is 4.67. The number of carbonyl (C=O) groups is 1. The maximum Gasteiger partial charge on any atom is 0.410 e. The van der Waals surface area contributed by atoms with Crippen LogP contribution in [0.5, 0.6) is 5.75 Å². The maximum absolute atomic E-state index is 12.6. The van der Waals surface area contributed by atoms with Crippen LogP contribution in [0.3, 0.4) is 0 Å². The lowest BCUT2D eigenvalue weighted by Crippen LogP contribution is -2.58. The molecule has 214 valence electrons. The summed E-state index contributed by atoms with van der Waals surface area (Å²) in [5, 5.41) is 0. The highest BCUT2D eigenvalue weighted by Crippen LogP contribution is 2.33. The van der Waals surface area contributed by atoms with Crippen molar-refractivity contribution >= 4 is 12.2 Å². The largest absolute Gasteiger partial charge is 0.495 e. The van der Waals surface area contributed by atoms with Crippen LogP contribution in [0.25, 0.3) is 11.8 Å². The van der Waals surface area contributed by atoms with Gasteiger partial charge in [0, 0.05) is 58.1 Å². The van der Waals surface area contributed by atoms with E-state index < -0.39 is 11.3 Å². The highest BCUT2D eigenvalue weighted by Gasteiger charge is 2.42. The second-order valence-corrected chi connectivity index (χ2v) is 10.7. The Balaban J connectivity index is 1.78. The summed E-state index contributed by atoms with van der Waals surface area (Å²) >= 11 is 0. The first-order valence-electron chi connectivity index (χ1n) is 13.2. The molecule has 1 saturated heterocycles. The molecule has 0 radical (unpaired) electrons. The van der Waals surface area contributed by atoms with E-state index >= 15 is 0 Å². The number of carbonyl (C=O) groups excluding carboxylic acids is 1. The molecule has 0 unspecified atom stereocenters. The Morgan fingerprint density at radius 2 is 1.97 bits per heavy atom. The minimum absolute atomic E-state index is 0.332. The predicted molar refractivity (Wildman–Crippen MR) is 151 cm³/mol. The van der Waals surface area contributed by atoms with Crippen molar-refractivity contribution in [3.63, 3.8) is 0 Å². The van der Waals surface area contributed by atoms with E-state index in [0.717, 1.165) is 34.8 Å². The van der Waals surface area contributed by atoms with E-state index in [2.05, 4.69) is 16.5 Å². The van der Waals surface area contributed by atoms with Crippen LogP contribution in [-0.2, 0) is 14.3 Å². The fourth-order valence-corrected chi connectivity index (χ4v) is 4.64. The molecule has 0 aliphatic carbocycles. The fourth-order valence-electron chi connectivity index (χ4n) is 4.64. The molecule has 2 aromatic rings. The number of aromatic nitrogens is 2. The van der Waals surface area contributed by atoms with Gasteiger partial charge in [0.2, 0.25) is 0 Å². The van der Waals surface area contributed by atoms with Gasteiger partial charge in [-0.25, -0.2) is 15.7 Å². The van der Waals surface area contributed by atoms with Gasteiger partial charge < -0.3 is 28.6 Å². The average Bonchev–Trinajstić information content (AvgIpc) is 3.34. The molecular formula is C29H43N5O5. The van der Waals surface area contributed by atoms with Gasteiger partial charge in [-0.1, -0.05) is 18.7 Å². The van der Waals surface area contributed by atoms with Crippen molar-refractivity contribution in [2.75, 3.05) is 40.5 Å². The number of nitrogens with zero attached hydrogens (tertiary/aromatic N) is 4. The van der Waals surface area contributed by atoms with E-state index in [0.29, 0.717) is 39.1 Å². The number of amides is 1. The molecule has 0 spiro atoms. The first-order chi connectivity index (χ1) is 18.5. The first kappa shape index (κ1) is 30.2. The Labute approximate surface area is 231 Å². The second kappa shape index (κ2) is 13.1. The van der Waals surface area contributed by atoms with Gasteiger partial charge in [-0.2, -0.15) is 0 Å². The molecular weight excluding hydrogens is 498 g/mol. The number of methoxy groups -OCH3 is 2. The Hall–Kier alpha value is -3.34. The van der Waals surface area contributed by atoms with Crippen LogP contribution in [0, 0.1) is 6.92 Å². The summed E-state index contributed by atoms with van der Waals surface area (Å²) in [5.74, 6) is 6.66. The topological polar surface area (TPSA) is 104 Å². The minimum atomic E-state index is -0.811. The minimum Gasteiger partial charge on any atom is -0.495 e. The second-order valence-electron chi connectivity index (χ2n) is 10.7. The number of likely N-dealkylation sites (tertiary alicyclic amines) is 1. The molecule has 1 aromatic heterocycles. The molecule has 0 atom stereocenters. The zero-order valence-electron chi connectivity index (χ0n) is 24.1. The van der Waals surface area contributed by atoms with Crippen molar-refractivity contribution < 1.29 is 23.8 Å². The molecule has 0 bridgehead atoms. The highest BCUT2D eigenvalue weighted by atomic mass is 16.6. The third kappa shape index (κ3) is 7.84. The van der Waals surface area contributed by atoms with E-state index in [1.807, 2.05) is 68.8 Å². The summed E-state index contributed by atoms with van der Waals surface area (Å²) in [6.45, 7) is 14.0. The summed E-state index contributed by atoms with van der Waals surface area (Å²) in [4.78, 5) is 26.4. The lowest BCUT2D eigenvalue weighted by molar-refractivity contribution is -0.172. The number of piperidine rings is 1. The molecule has 1 fully saturated rings. The Kier molecular flexibility index (Phi) is 10.2. The normalized spacial score (nSPS) is 15.4. The van der Waals surface area contributed by atoms with Gasteiger partial charge in [0.15, 0.2) is 5.72 Å². The zero-order valence-corrected chi connectivity index (χ0v) is 24.1. The number of benzene rings is 1. The van der Waals surface area contributed by atoms with Crippen LogP contribution in [0.1, 0.15) is 51.3 Å². The van der Waals surface area contributed by atoms with Gasteiger partial charge >= 0.3 is 6.09 Å². The van der Waals surface area contributed by atoms with Crippen LogP contribution in [-0.4, -0.2) is 77.2 Å². The molecule has 39 heavy (non-hydrogen) atoms. The van der Waals surface area contributed by atoms with Crippen molar-refractivity contribution in [3.8, 4) is 11.4 Å².